The van der Waals surface area contributed by atoms with Crippen LogP contribution in [0.2, 0.25) is 0 Å². The van der Waals surface area contributed by atoms with Crippen molar-refractivity contribution in [2.45, 2.75) is 173 Å². The van der Waals surface area contributed by atoms with Crippen molar-refractivity contribution in [3.8, 4) is 0 Å². The lowest BCUT2D eigenvalue weighted by Crippen LogP contribution is -2.30. The fourth-order valence-electron chi connectivity index (χ4n) is 5.14. The predicted molar refractivity (Wildman–Crippen MR) is 178 cm³/mol. The maximum absolute atomic E-state index is 12.7. The smallest absolute Gasteiger partial charge is 0.306 e. The van der Waals surface area contributed by atoms with Crippen LogP contribution in [-0.2, 0) is 28.6 Å². The molecule has 0 spiro atoms. The lowest BCUT2D eigenvalue weighted by Gasteiger charge is -2.18. The number of carbonyl (C=O) groups excluding carboxylic acids is 1. The van der Waals surface area contributed by atoms with Crippen LogP contribution in [0.3, 0.4) is 0 Å². The Morgan fingerprint density at radius 3 is 1.56 bits per heavy atom. The van der Waals surface area contributed by atoms with Gasteiger partial charge in [0, 0.05) is 13.0 Å². The number of hydrogen-bond acceptors (Lipinski definition) is 6. The predicted octanol–water partition coefficient (Wildman–Crippen LogP) is 10.3. The van der Waals surface area contributed by atoms with Gasteiger partial charge >= 0.3 is 5.97 Å². The van der Waals surface area contributed by atoms with Gasteiger partial charge in [0.05, 0.1) is 11.5 Å². The summed E-state index contributed by atoms with van der Waals surface area (Å²) < 4.78 is 42.1. The Morgan fingerprint density at radius 1 is 0.628 bits per heavy atom. The Hall–Kier alpha value is -1.44. The zero-order chi connectivity index (χ0) is 31.4. The number of aryl methyl sites for hydroxylation is 1. The molecule has 1 rings (SSSR count). The Bertz CT molecular complexity index is 884. The highest BCUT2D eigenvalue weighted by Crippen LogP contribution is 2.16. The lowest BCUT2D eigenvalue weighted by atomic mass is 10.0. The first-order chi connectivity index (χ1) is 20.9. The second kappa shape index (κ2) is 26.9. The molecule has 43 heavy (non-hydrogen) atoms. The minimum absolute atomic E-state index is 0.0926. The summed E-state index contributed by atoms with van der Waals surface area (Å²) in [4.78, 5) is 12.7. The van der Waals surface area contributed by atoms with Gasteiger partial charge in [-0.1, -0.05) is 154 Å². The molecule has 0 unspecified atom stereocenters. The van der Waals surface area contributed by atoms with Crippen LogP contribution in [-0.4, -0.2) is 40.3 Å². The maximum atomic E-state index is 12.7. The second-order valence-electron chi connectivity index (χ2n) is 12.2. The van der Waals surface area contributed by atoms with Crippen LogP contribution in [0.4, 0.5) is 0 Å². The first-order valence-electron chi connectivity index (χ1n) is 17.6. The molecule has 0 saturated heterocycles. The van der Waals surface area contributed by atoms with Crippen LogP contribution < -0.4 is 0 Å². The Balaban J connectivity index is 2.33. The van der Waals surface area contributed by atoms with E-state index in [0.717, 1.165) is 37.7 Å². The number of esters is 1. The molecule has 0 N–H and O–H groups in total. The minimum atomic E-state index is -3.95. The largest absolute Gasteiger partial charge is 0.457 e. The summed E-state index contributed by atoms with van der Waals surface area (Å²) in [5.74, 6) is -0.319. The van der Waals surface area contributed by atoms with Crippen LogP contribution in [0.5, 0.6) is 0 Å². The third-order valence-corrected chi connectivity index (χ3v) is 9.24. The van der Waals surface area contributed by atoms with Crippen molar-refractivity contribution in [2.75, 3.05) is 19.8 Å². The van der Waals surface area contributed by atoms with Crippen molar-refractivity contribution in [3.63, 3.8) is 0 Å². The summed E-state index contributed by atoms with van der Waals surface area (Å²) >= 11 is 0. The molecule has 0 amide bonds. The van der Waals surface area contributed by atoms with Gasteiger partial charge in [-0.25, -0.2) is 0 Å². The maximum Gasteiger partial charge on any atom is 0.306 e. The lowest BCUT2D eigenvalue weighted by molar-refractivity contribution is -0.154. The van der Waals surface area contributed by atoms with Crippen LogP contribution in [0, 0.1) is 6.92 Å². The third-order valence-electron chi connectivity index (χ3n) is 7.95. The van der Waals surface area contributed by atoms with E-state index in [1.807, 2.05) is 6.92 Å². The van der Waals surface area contributed by atoms with Gasteiger partial charge in [-0.05, 0) is 31.9 Å². The molecule has 0 aliphatic heterocycles. The van der Waals surface area contributed by atoms with Gasteiger partial charge in [-0.3, -0.25) is 8.98 Å². The first-order valence-corrected chi connectivity index (χ1v) is 19.0. The first kappa shape index (κ1) is 39.6. The SMILES string of the molecule is CCCCCCCCCCCCCCCC(=O)O[C@H](COCCCCCCCCCC)COS(=O)(=O)c1ccc(C)cc1. The quantitative estimate of drug-likeness (QED) is 0.0481. The highest BCUT2D eigenvalue weighted by Gasteiger charge is 2.21. The monoisotopic (exact) mass is 624 g/mol. The summed E-state index contributed by atoms with van der Waals surface area (Å²) in [7, 11) is -3.95. The molecule has 0 bridgehead atoms. The molecule has 0 aromatic heterocycles. The molecule has 6 nitrogen and oxygen atoms in total. The highest BCUT2D eigenvalue weighted by atomic mass is 32.2. The molecular weight excluding hydrogens is 560 g/mol. The van der Waals surface area contributed by atoms with Crippen molar-refractivity contribution in [3.05, 3.63) is 29.8 Å². The zero-order valence-corrected chi connectivity index (χ0v) is 28.7. The number of hydrogen-bond donors (Lipinski definition) is 0. The summed E-state index contributed by atoms with van der Waals surface area (Å²) in [6.07, 6.45) is 25.4. The second-order valence-corrected chi connectivity index (χ2v) is 13.8. The van der Waals surface area contributed by atoms with Crippen molar-refractivity contribution >= 4 is 16.1 Å². The summed E-state index contributed by atoms with van der Waals surface area (Å²) in [5.41, 5.74) is 0.966. The highest BCUT2D eigenvalue weighted by molar-refractivity contribution is 7.86. The fraction of sp³-hybridized carbons (Fsp3) is 0.806. The molecule has 0 fully saturated rings. The molecule has 1 atom stereocenters. The van der Waals surface area contributed by atoms with E-state index in [1.54, 1.807) is 12.1 Å². The normalized spacial score (nSPS) is 12.4. The van der Waals surface area contributed by atoms with Crippen LogP contribution >= 0.6 is 0 Å². The number of carbonyl (C=O) groups is 1. The van der Waals surface area contributed by atoms with E-state index in [-0.39, 0.29) is 24.1 Å². The summed E-state index contributed by atoms with van der Waals surface area (Å²) in [6.45, 7) is 6.82. The van der Waals surface area contributed by atoms with Crippen molar-refractivity contribution < 1.29 is 26.9 Å². The number of unbranched alkanes of at least 4 members (excludes halogenated alkanes) is 19. The molecule has 0 aliphatic carbocycles. The van der Waals surface area contributed by atoms with Crippen molar-refractivity contribution in [2.24, 2.45) is 0 Å². The van der Waals surface area contributed by atoms with E-state index in [0.29, 0.717) is 13.0 Å². The van der Waals surface area contributed by atoms with E-state index in [9.17, 15) is 13.2 Å². The van der Waals surface area contributed by atoms with Gasteiger partial charge in [0.25, 0.3) is 10.1 Å². The summed E-state index contributed by atoms with van der Waals surface area (Å²) in [6, 6.07) is 6.52. The van der Waals surface area contributed by atoms with Gasteiger partial charge in [0.2, 0.25) is 0 Å². The average molecular weight is 625 g/mol. The molecular formula is C36H64O6S. The fourth-order valence-corrected chi connectivity index (χ4v) is 6.08. The van der Waals surface area contributed by atoms with Gasteiger partial charge in [-0.15, -0.1) is 0 Å². The van der Waals surface area contributed by atoms with E-state index in [2.05, 4.69) is 13.8 Å². The van der Waals surface area contributed by atoms with E-state index in [1.165, 1.54) is 115 Å². The number of rotatable bonds is 30. The molecule has 0 radical (unpaired) electrons. The van der Waals surface area contributed by atoms with Gasteiger partial charge < -0.3 is 9.47 Å². The number of benzene rings is 1. The van der Waals surface area contributed by atoms with Crippen LogP contribution in [0.1, 0.15) is 161 Å². The average Bonchev–Trinajstić information content (AvgIpc) is 2.99. The zero-order valence-electron chi connectivity index (χ0n) is 27.9. The van der Waals surface area contributed by atoms with Crippen molar-refractivity contribution in [1.82, 2.24) is 0 Å². The molecule has 0 aliphatic rings. The van der Waals surface area contributed by atoms with E-state index in [4.69, 9.17) is 13.7 Å². The van der Waals surface area contributed by atoms with Gasteiger partial charge in [0.1, 0.15) is 12.7 Å². The molecule has 1 aromatic rings. The topological polar surface area (TPSA) is 78.9 Å². The molecule has 0 heterocycles. The molecule has 250 valence electrons. The van der Waals surface area contributed by atoms with Crippen LogP contribution in [0.25, 0.3) is 0 Å². The molecule has 1 aromatic carbocycles. The van der Waals surface area contributed by atoms with Crippen molar-refractivity contribution in [1.29, 1.82) is 0 Å². The van der Waals surface area contributed by atoms with Gasteiger partial charge in [0.15, 0.2) is 0 Å². The molecule has 7 heteroatoms. The van der Waals surface area contributed by atoms with Crippen LogP contribution in [0.15, 0.2) is 29.2 Å². The Morgan fingerprint density at radius 2 is 1.07 bits per heavy atom. The Kier molecular flexibility index (Phi) is 24.8. The molecule has 0 saturated carbocycles. The Labute approximate surface area is 265 Å². The number of ether oxygens (including phenoxy) is 2. The summed E-state index contributed by atoms with van der Waals surface area (Å²) in [5, 5.41) is 0. The third kappa shape index (κ3) is 22.7. The van der Waals surface area contributed by atoms with E-state index < -0.39 is 16.2 Å². The standard InChI is InChI=1S/C36H64O6S/c1-4-6-8-10-12-14-15-16-17-18-19-21-23-25-36(37)42-34(31-40-30-24-22-20-13-11-9-7-5-2)32-41-43(38,39)35-28-26-33(3)27-29-35/h26-29,34H,4-25,30-32H2,1-3H3/t34-/m1/s1. The minimum Gasteiger partial charge on any atom is -0.457 e. The van der Waals surface area contributed by atoms with Gasteiger partial charge in [-0.2, -0.15) is 8.42 Å². The van der Waals surface area contributed by atoms with E-state index >= 15 is 0 Å².